The number of aliphatic hydroxyl groups excluding tert-OH is 3. The van der Waals surface area contributed by atoms with Crippen molar-refractivity contribution >= 4 is 107 Å². The maximum Gasteiger partial charge on any atom is 0.280 e. The number of nitrogens with two attached hydrogens (primary N) is 4. The average Bonchev–Trinajstić information content (AvgIpc) is 1.62. The van der Waals surface area contributed by atoms with Crippen molar-refractivity contribution in [2.45, 2.75) is 131 Å². The van der Waals surface area contributed by atoms with Crippen LogP contribution in [0.2, 0.25) is 74.5 Å². The van der Waals surface area contributed by atoms with Crippen LogP contribution in [0.4, 0.5) is 23.8 Å². The highest BCUT2D eigenvalue weighted by atomic mass is 28.4. The lowest BCUT2D eigenvalue weighted by Crippen LogP contribution is -2.51. The average molecular weight is 1470 g/mol. The lowest BCUT2D eigenvalue weighted by molar-refractivity contribution is 0.0976. The number of fused-ring (bicyclic) bond motifs is 4. The van der Waals surface area contributed by atoms with E-state index in [1.54, 1.807) is 29.9 Å². The molecule has 103 heavy (non-hydrogen) atoms. The number of hydrogen-bond acceptors (Lipinski definition) is 22. The Balaban J connectivity index is 0.000000153. The second-order valence-electron chi connectivity index (χ2n) is 29.9. The molecule has 8 heterocycles. The smallest absolute Gasteiger partial charge is 0.280 e. The molecule has 4 saturated carbocycles. The van der Waals surface area contributed by atoms with E-state index in [1.807, 2.05) is 45.0 Å². The fourth-order valence-electron chi connectivity index (χ4n) is 17.0. The van der Waals surface area contributed by atoms with Crippen molar-refractivity contribution in [3.8, 4) is 0 Å². The standard InChI is InChI=1S/C28H40N10O5Si2.C27H31N5O2Si.C14H21N5O3Si/c1-13-15(9-39)19(7-17(13)37-11-31-21-23(37)33-27(29)35-25(21)41)44(3,4)43-45(5,6)20-8-18(14(2)16(20)10-40)38-12-32-22-24(38)34-28(30)36-26(22)42;1-18-21(16-34-15-19-10-6-4-7-11-19)23(35(2,3)20-12-8-5-9-13-20)14-22(18)32-17-29-24-25(32)30-27(28)31-26(24)33;1-7-8(5-20)10(23(2,3)22)4-9(7)19-6-16-11-12(19)17-14(15)18-13(11)21/h11-12,15-20,39-40H,1-2,7-10H2,3-6H3,(H3,29,33,35,41)(H3,30,34,36,42);4-13,17,21-23H,1,14-16H2,2-3H3,(H3,28,30,31,33);6,8-10,20,22H,1,4-5H2,2-3H3,(H3,15,17,18,21)/t15-,16-,17-,18-,19-,20-;21-,22-,23-;8-,9-,10-/m000/s1. The molecule has 2 aromatic carbocycles. The number of imidazole rings is 4. The summed E-state index contributed by atoms with van der Waals surface area (Å²) in [7, 11) is -9.50. The van der Waals surface area contributed by atoms with E-state index in [2.05, 4.69) is 168 Å². The Morgan fingerprint density at radius 2 is 0.757 bits per heavy atom. The van der Waals surface area contributed by atoms with Gasteiger partial charge in [0.15, 0.2) is 69.6 Å². The number of benzene rings is 2. The zero-order valence-corrected chi connectivity index (χ0v) is 63.1. The highest BCUT2D eigenvalue weighted by molar-refractivity contribution is 6.91. The van der Waals surface area contributed by atoms with E-state index < -0.39 is 44.1 Å². The van der Waals surface area contributed by atoms with Gasteiger partial charge in [0, 0.05) is 43.5 Å². The maximum absolute atomic E-state index is 12.4. The number of aromatic nitrogens is 16. The van der Waals surface area contributed by atoms with Crippen LogP contribution in [0, 0.1) is 23.7 Å². The third-order valence-corrected chi connectivity index (χ3v) is 38.1. The van der Waals surface area contributed by atoms with Crippen molar-refractivity contribution in [2.24, 2.45) is 23.7 Å². The van der Waals surface area contributed by atoms with Gasteiger partial charge in [-0.05, 0) is 115 Å². The van der Waals surface area contributed by atoms with Gasteiger partial charge in [-0.25, -0.2) is 19.9 Å². The van der Waals surface area contributed by atoms with Gasteiger partial charge in [0.05, 0.1) is 70.8 Å². The number of hydrogen-bond donors (Lipinski definition) is 12. The highest BCUT2D eigenvalue weighted by Gasteiger charge is 2.55. The Morgan fingerprint density at radius 1 is 0.456 bits per heavy atom. The van der Waals surface area contributed by atoms with Crippen LogP contribution in [0.25, 0.3) is 44.7 Å². The Labute approximate surface area is 596 Å². The third-order valence-electron chi connectivity index (χ3n) is 22.3. The number of H-pyrrole nitrogens is 4. The molecule has 12 atom stereocenters. The second-order valence-corrected chi connectivity index (χ2v) is 47.4. The topological polar surface area (TPSA) is 458 Å². The van der Waals surface area contributed by atoms with Crippen LogP contribution in [0.1, 0.15) is 55.4 Å². The molecule has 0 unspecified atom stereocenters. The molecule has 4 aliphatic rings. The second kappa shape index (κ2) is 28.3. The Morgan fingerprint density at radius 3 is 1.08 bits per heavy atom. The van der Waals surface area contributed by atoms with Gasteiger partial charge in [0.2, 0.25) is 23.8 Å². The van der Waals surface area contributed by atoms with Crippen molar-refractivity contribution in [2.75, 3.05) is 49.4 Å². The molecule has 0 radical (unpaired) electrons. The molecule has 30 nitrogen and oxygen atoms in total. The lowest BCUT2D eigenvalue weighted by atomic mass is 10.0. The molecule has 0 spiro atoms. The van der Waals surface area contributed by atoms with E-state index in [-0.39, 0.29) is 136 Å². The summed E-state index contributed by atoms with van der Waals surface area (Å²) in [5.41, 5.74) is 29.4. The van der Waals surface area contributed by atoms with Crippen molar-refractivity contribution in [3.63, 3.8) is 0 Å². The highest BCUT2D eigenvalue weighted by Crippen LogP contribution is 2.57. The van der Waals surface area contributed by atoms with Crippen molar-refractivity contribution in [3.05, 3.63) is 182 Å². The minimum Gasteiger partial charge on any atom is -0.455 e. The summed E-state index contributed by atoms with van der Waals surface area (Å²) in [5.74, 6) is -0.292. The number of aliphatic hydroxyl groups is 3. The number of ether oxygens (including phenoxy) is 1. The van der Waals surface area contributed by atoms with Gasteiger partial charge < -0.3 is 70.2 Å². The number of rotatable bonds is 18. The number of nitrogen functional groups attached to an aromatic ring is 4. The molecule has 0 saturated heterocycles. The maximum atomic E-state index is 12.4. The van der Waals surface area contributed by atoms with Crippen LogP contribution in [-0.4, -0.2) is 158 Å². The summed E-state index contributed by atoms with van der Waals surface area (Å²) in [6, 6.07) is 20.3. The molecule has 14 rings (SSSR count). The predicted molar refractivity (Wildman–Crippen MR) is 407 cm³/mol. The fourth-order valence-corrected chi connectivity index (χ4v) is 33.5. The first-order chi connectivity index (χ1) is 48.8. The van der Waals surface area contributed by atoms with Gasteiger partial charge in [0.1, 0.15) is 0 Å². The molecule has 0 aliphatic heterocycles. The molecule has 10 aromatic rings. The number of nitrogens with zero attached hydrogens (tertiary/aromatic N) is 12. The molecule has 544 valence electrons. The Bertz CT molecular complexity index is 5000. The van der Waals surface area contributed by atoms with Gasteiger partial charge in [-0.3, -0.25) is 39.1 Å². The zero-order valence-electron chi connectivity index (χ0n) is 59.1. The van der Waals surface area contributed by atoms with Gasteiger partial charge in [-0.1, -0.05) is 105 Å². The first kappa shape index (κ1) is 73.4. The summed E-state index contributed by atoms with van der Waals surface area (Å²) >= 11 is 0. The van der Waals surface area contributed by atoms with Crippen LogP contribution >= 0.6 is 0 Å². The SMILES string of the molecule is C=C1[C@H](CO)[C@@H]([Si](C)(C)O)C[C@@H]1n1cnc2c(=O)[nH]c(N)nc21.C=C1[C@H](CO)[C@@H]([Si](C)(C)O[Si](C)(C)[C@H]2C[C@H](n3cnc4c(=O)[nH]c(N)nc43)C(=C)[C@@H]2CO)C[C@@H]1n1cnc2c(=O)[nH]c(N)nc21.C=C1[C@H](COCc2ccccc2)[C@@H]([Si](C)(C)c2ccccc2)C[C@@H]1n1cnc2c(=O)[nH]c(N)nc21. The van der Waals surface area contributed by atoms with Gasteiger partial charge in [-0.2, -0.15) is 19.9 Å². The summed E-state index contributed by atoms with van der Waals surface area (Å²) in [6.45, 7) is 35.6. The van der Waals surface area contributed by atoms with Gasteiger partial charge >= 0.3 is 0 Å². The van der Waals surface area contributed by atoms with Crippen LogP contribution in [0.15, 0.2) is 154 Å². The Kier molecular flexibility index (Phi) is 20.2. The first-order valence-electron chi connectivity index (χ1n) is 34.3. The molecule has 4 fully saturated rings. The first-order valence-corrected chi connectivity index (χ1v) is 46.4. The summed E-state index contributed by atoms with van der Waals surface area (Å²) in [5, 5.41) is 32.3. The number of anilines is 4. The third kappa shape index (κ3) is 13.8. The molecule has 16 N–H and O–H groups in total. The summed E-state index contributed by atoms with van der Waals surface area (Å²) < 4.78 is 21.0. The molecule has 8 aromatic heterocycles. The van der Waals surface area contributed by atoms with E-state index >= 15 is 0 Å². The molecule has 4 aliphatic carbocycles. The summed E-state index contributed by atoms with van der Waals surface area (Å²) in [4.78, 5) is 104. The number of nitrogens with one attached hydrogen (secondary N) is 4. The van der Waals surface area contributed by atoms with Crippen molar-refractivity contribution < 1.29 is 29.0 Å². The van der Waals surface area contributed by atoms with Crippen LogP contribution < -0.4 is 50.4 Å². The van der Waals surface area contributed by atoms with E-state index in [0.717, 1.165) is 34.3 Å². The van der Waals surface area contributed by atoms with Crippen molar-refractivity contribution in [1.82, 2.24) is 78.1 Å². The Hall–Kier alpha value is -9.37. The monoisotopic (exact) mass is 1470 g/mol. The predicted octanol–water partition coefficient (Wildman–Crippen LogP) is 6.20. The van der Waals surface area contributed by atoms with Crippen LogP contribution in [-0.2, 0) is 15.5 Å². The molecule has 0 amide bonds. The van der Waals surface area contributed by atoms with E-state index in [9.17, 15) is 39.3 Å². The van der Waals surface area contributed by atoms with Crippen LogP contribution in [0.3, 0.4) is 0 Å². The molecule has 34 heteroatoms. The fraction of sp³-hybridized carbons (Fsp3) is 0.420. The lowest BCUT2D eigenvalue weighted by Gasteiger charge is -2.43. The number of aromatic amines is 4. The van der Waals surface area contributed by atoms with Gasteiger partial charge in [-0.15, -0.1) is 0 Å². The van der Waals surface area contributed by atoms with Crippen LogP contribution in [0.5, 0.6) is 0 Å². The minimum atomic E-state index is -2.56. The molecular weight excluding hydrogens is 1380 g/mol. The van der Waals surface area contributed by atoms with E-state index in [0.29, 0.717) is 66.1 Å². The van der Waals surface area contributed by atoms with E-state index in [4.69, 9.17) is 31.8 Å². The zero-order chi connectivity index (χ0) is 74.1. The van der Waals surface area contributed by atoms with Gasteiger partial charge in [0.25, 0.3) is 22.2 Å². The quantitative estimate of drug-likeness (QED) is 0.0336. The molecule has 0 bridgehead atoms. The minimum absolute atomic E-state index is 0.00328. The van der Waals surface area contributed by atoms with Crippen molar-refractivity contribution in [1.29, 1.82) is 0 Å². The normalized spacial score (nSPS) is 24.0. The summed E-state index contributed by atoms with van der Waals surface area (Å²) in [6.07, 6.45) is 9.22. The molecular formula is C69H92N20O10Si4. The van der Waals surface area contributed by atoms with E-state index in [1.165, 1.54) is 5.19 Å². The largest absolute Gasteiger partial charge is 0.455 e.